The molecule has 2 amide bonds. The molecule has 144 valence electrons. The van der Waals surface area contributed by atoms with Gasteiger partial charge in [-0.25, -0.2) is 0 Å². The van der Waals surface area contributed by atoms with Gasteiger partial charge in [0.2, 0.25) is 11.8 Å². The zero-order chi connectivity index (χ0) is 19.8. The molecule has 0 aliphatic heterocycles. The lowest BCUT2D eigenvalue weighted by Crippen LogP contribution is -2.49. The summed E-state index contributed by atoms with van der Waals surface area (Å²) in [7, 11) is 0. The lowest BCUT2D eigenvalue weighted by atomic mass is 10.1. The summed E-state index contributed by atoms with van der Waals surface area (Å²) in [6, 6.07) is 17.0. The SMILES string of the molecule is CC[C@H](C)NC(=O)[C@H](C)N(Cc1cccc(Br)c1)C(=O)Cc1ccccc1. The fourth-order valence-corrected chi connectivity index (χ4v) is 3.20. The van der Waals surface area contributed by atoms with Crippen LogP contribution in [0.15, 0.2) is 59.1 Å². The van der Waals surface area contributed by atoms with Crippen LogP contribution in [0.1, 0.15) is 38.3 Å². The number of carbonyl (C=O) groups is 2. The maximum absolute atomic E-state index is 13.0. The van der Waals surface area contributed by atoms with Crippen LogP contribution < -0.4 is 5.32 Å². The summed E-state index contributed by atoms with van der Waals surface area (Å²) in [5.41, 5.74) is 1.92. The average Bonchev–Trinajstić information content (AvgIpc) is 2.66. The molecule has 0 aromatic heterocycles. The highest BCUT2D eigenvalue weighted by Gasteiger charge is 2.26. The molecule has 2 aromatic rings. The third-order valence-electron chi connectivity index (χ3n) is 4.61. The number of hydrogen-bond acceptors (Lipinski definition) is 2. The predicted octanol–water partition coefficient (Wildman–Crippen LogP) is 4.32. The standard InChI is InChI=1S/C22H27BrN2O2/c1-4-16(2)24-22(27)17(3)25(15-19-11-8-12-20(23)13-19)21(26)14-18-9-6-5-7-10-18/h5-13,16-17H,4,14-15H2,1-3H3,(H,24,27)/t16-,17-/m0/s1. The van der Waals surface area contributed by atoms with Crippen LogP contribution >= 0.6 is 15.9 Å². The van der Waals surface area contributed by atoms with Crippen molar-refractivity contribution in [2.75, 3.05) is 0 Å². The molecule has 4 nitrogen and oxygen atoms in total. The number of nitrogens with one attached hydrogen (secondary N) is 1. The highest BCUT2D eigenvalue weighted by molar-refractivity contribution is 9.10. The van der Waals surface area contributed by atoms with Gasteiger partial charge in [0.1, 0.15) is 6.04 Å². The molecule has 0 unspecified atom stereocenters. The molecule has 0 spiro atoms. The first kappa shape index (κ1) is 21.2. The van der Waals surface area contributed by atoms with E-state index in [1.165, 1.54) is 0 Å². The van der Waals surface area contributed by atoms with Crippen molar-refractivity contribution in [3.63, 3.8) is 0 Å². The first-order chi connectivity index (χ1) is 12.9. The van der Waals surface area contributed by atoms with Crippen LogP contribution in [-0.2, 0) is 22.6 Å². The minimum atomic E-state index is -0.547. The fraction of sp³-hybridized carbons (Fsp3) is 0.364. The molecule has 2 rings (SSSR count). The Morgan fingerprint density at radius 3 is 2.33 bits per heavy atom. The second kappa shape index (κ2) is 10.3. The lowest BCUT2D eigenvalue weighted by molar-refractivity contribution is -0.140. The molecule has 2 atom stereocenters. The summed E-state index contributed by atoms with van der Waals surface area (Å²) < 4.78 is 0.951. The number of benzene rings is 2. The highest BCUT2D eigenvalue weighted by Crippen LogP contribution is 2.16. The van der Waals surface area contributed by atoms with Gasteiger partial charge in [0, 0.05) is 17.1 Å². The lowest BCUT2D eigenvalue weighted by Gasteiger charge is -2.30. The van der Waals surface area contributed by atoms with Crippen LogP contribution in [0, 0.1) is 0 Å². The molecule has 27 heavy (non-hydrogen) atoms. The van der Waals surface area contributed by atoms with Crippen molar-refractivity contribution in [2.45, 2.75) is 52.2 Å². The van der Waals surface area contributed by atoms with E-state index in [2.05, 4.69) is 21.2 Å². The third kappa shape index (κ3) is 6.51. The van der Waals surface area contributed by atoms with Crippen LogP contribution in [0.3, 0.4) is 0 Å². The Labute approximate surface area is 170 Å². The van der Waals surface area contributed by atoms with Crippen molar-refractivity contribution in [3.8, 4) is 0 Å². The fourth-order valence-electron chi connectivity index (χ4n) is 2.75. The normalized spacial score (nSPS) is 12.9. The number of hydrogen-bond donors (Lipinski definition) is 1. The second-order valence-electron chi connectivity index (χ2n) is 6.81. The summed E-state index contributed by atoms with van der Waals surface area (Å²) in [5.74, 6) is -0.186. The van der Waals surface area contributed by atoms with Crippen LogP contribution in [0.25, 0.3) is 0 Å². The first-order valence-corrected chi connectivity index (χ1v) is 10.1. The van der Waals surface area contributed by atoms with Gasteiger partial charge in [0.25, 0.3) is 0 Å². The van der Waals surface area contributed by atoms with E-state index in [0.717, 1.165) is 22.0 Å². The van der Waals surface area contributed by atoms with E-state index < -0.39 is 6.04 Å². The second-order valence-corrected chi connectivity index (χ2v) is 7.72. The Balaban J connectivity index is 2.21. The molecule has 0 saturated heterocycles. The number of rotatable bonds is 8. The van der Waals surface area contributed by atoms with Gasteiger partial charge in [0.05, 0.1) is 6.42 Å². The molecule has 0 saturated carbocycles. The van der Waals surface area contributed by atoms with E-state index in [0.29, 0.717) is 6.54 Å². The third-order valence-corrected chi connectivity index (χ3v) is 5.10. The molecule has 2 aromatic carbocycles. The zero-order valence-corrected chi connectivity index (χ0v) is 17.7. The Morgan fingerprint density at radius 2 is 1.70 bits per heavy atom. The van der Waals surface area contributed by atoms with Gasteiger partial charge in [-0.2, -0.15) is 0 Å². The average molecular weight is 431 g/mol. The van der Waals surface area contributed by atoms with Gasteiger partial charge < -0.3 is 10.2 Å². The van der Waals surface area contributed by atoms with Crippen LogP contribution in [0.2, 0.25) is 0 Å². The summed E-state index contributed by atoms with van der Waals surface area (Å²) in [4.78, 5) is 27.4. The van der Waals surface area contributed by atoms with E-state index in [9.17, 15) is 9.59 Å². The van der Waals surface area contributed by atoms with Crippen LogP contribution in [0.5, 0.6) is 0 Å². The predicted molar refractivity (Wildman–Crippen MR) is 112 cm³/mol. The van der Waals surface area contributed by atoms with Gasteiger partial charge in [-0.15, -0.1) is 0 Å². The van der Waals surface area contributed by atoms with E-state index in [-0.39, 0.29) is 24.3 Å². The van der Waals surface area contributed by atoms with Crippen LogP contribution in [-0.4, -0.2) is 28.8 Å². The van der Waals surface area contributed by atoms with Crippen molar-refractivity contribution in [1.82, 2.24) is 10.2 Å². The molecule has 1 N–H and O–H groups in total. The largest absolute Gasteiger partial charge is 0.352 e. The monoisotopic (exact) mass is 430 g/mol. The van der Waals surface area contributed by atoms with E-state index in [1.54, 1.807) is 11.8 Å². The Bertz CT molecular complexity index is 764. The number of halogens is 1. The van der Waals surface area contributed by atoms with Crippen molar-refractivity contribution >= 4 is 27.7 Å². The Hall–Kier alpha value is -2.14. The van der Waals surface area contributed by atoms with Gasteiger partial charge in [-0.3, -0.25) is 9.59 Å². The molecule has 0 fully saturated rings. The van der Waals surface area contributed by atoms with Crippen molar-refractivity contribution in [2.24, 2.45) is 0 Å². The maximum atomic E-state index is 13.0. The first-order valence-electron chi connectivity index (χ1n) is 9.29. The summed E-state index contributed by atoms with van der Waals surface area (Å²) in [6.07, 6.45) is 1.12. The summed E-state index contributed by atoms with van der Waals surface area (Å²) in [6.45, 7) is 6.17. The molecule has 0 heterocycles. The zero-order valence-electron chi connectivity index (χ0n) is 16.1. The maximum Gasteiger partial charge on any atom is 0.242 e. The Kier molecular flexibility index (Phi) is 8.04. The molecule has 0 aliphatic rings. The smallest absolute Gasteiger partial charge is 0.242 e. The topological polar surface area (TPSA) is 49.4 Å². The molecular weight excluding hydrogens is 404 g/mol. The number of nitrogens with zero attached hydrogens (tertiary/aromatic N) is 1. The molecule has 5 heteroatoms. The summed E-state index contributed by atoms with van der Waals surface area (Å²) in [5, 5.41) is 2.98. The van der Waals surface area contributed by atoms with Crippen molar-refractivity contribution in [1.29, 1.82) is 0 Å². The highest BCUT2D eigenvalue weighted by atomic mass is 79.9. The van der Waals surface area contributed by atoms with Crippen molar-refractivity contribution in [3.05, 3.63) is 70.2 Å². The van der Waals surface area contributed by atoms with Gasteiger partial charge >= 0.3 is 0 Å². The minimum absolute atomic E-state index is 0.0621. The van der Waals surface area contributed by atoms with Gasteiger partial charge in [-0.05, 0) is 43.5 Å². The summed E-state index contributed by atoms with van der Waals surface area (Å²) >= 11 is 3.47. The quantitative estimate of drug-likeness (QED) is 0.677. The van der Waals surface area contributed by atoms with E-state index in [1.807, 2.05) is 68.4 Å². The molecular formula is C22H27BrN2O2. The van der Waals surface area contributed by atoms with Gasteiger partial charge in [0.15, 0.2) is 0 Å². The molecule has 0 aliphatic carbocycles. The number of carbonyl (C=O) groups excluding carboxylic acids is 2. The molecule has 0 radical (unpaired) electrons. The van der Waals surface area contributed by atoms with Crippen molar-refractivity contribution < 1.29 is 9.59 Å². The van der Waals surface area contributed by atoms with E-state index in [4.69, 9.17) is 0 Å². The number of amides is 2. The minimum Gasteiger partial charge on any atom is -0.352 e. The van der Waals surface area contributed by atoms with Crippen LogP contribution in [0.4, 0.5) is 0 Å². The van der Waals surface area contributed by atoms with E-state index >= 15 is 0 Å². The van der Waals surface area contributed by atoms with Gasteiger partial charge in [-0.1, -0.05) is 65.3 Å². The Morgan fingerprint density at radius 1 is 1.04 bits per heavy atom. The molecule has 0 bridgehead atoms.